The predicted molar refractivity (Wildman–Crippen MR) is 75.4 cm³/mol. The summed E-state index contributed by atoms with van der Waals surface area (Å²) in [5.41, 5.74) is 1.84. The average Bonchev–Trinajstić information content (AvgIpc) is 2.32. The molecule has 0 saturated heterocycles. The molecule has 1 aliphatic carbocycles. The number of fused-ring (bicyclic) bond motifs is 1. The molecule has 0 aliphatic heterocycles. The first-order valence-corrected chi connectivity index (χ1v) is 6.23. The number of aliphatic hydroxyl groups excluding tert-OH is 1. The van der Waals surface area contributed by atoms with Crippen molar-refractivity contribution in [2.24, 2.45) is 0 Å². The van der Waals surface area contributed by atoms with Crippen LogP contribution in [0.5, 0.6) is 5.75 Å². The summed E-state index contributed by atoms with van der Waals surface area (Å²) >= 11 is 0. The fourth-order valence-electron chi connectivity index (χ4n) is 2.60. The fourth-order valence-corrected chi connectivity index (χ4v) is 2.60. The highest BCUT2D eigenvalue weighted by molar-refractivity contribution is 5.85. The van der Waals surface area contributed by atoms with E-state index in [9.17, 15) is 10.2 Å². The summed E-state index contributed by atoms with van der Waals surface area (Å²) in [7, 11) is 0. The number of hydrogen-bond donors (Lipinski definition) is 3. The molecule has 1 aliphatic rings. The Hall–Kier alpha value is -1.28. The van der Waals surface area contributed by atoms with Gasteiger partial charge in [-0.3, -0.25) is 0 Å². The third kappa shape index (κ3) is 3.01. The molecule has 4 nitrogen and oxygen atoms in total. The van der Waals surface area contributed by atoms with Crippen molar-refractivity contribution in [3.8, 4) is 11.8 Å². The van der Waals surface area contributed by atoms with Crippen molar-refractivity contribution in [1.82, 2.24) is 5.32 Å². The molecule has 1 aromatic carbocycles. The largest absolute Gasteiger partial charge is 0.507 e. The van der Waals surface area contributed by atoms with Crippen molar-refractivity contribution in [3.05, 3.63) is 28.8 Å². The molecule has 2 rings (SSSR count). The van der Waals surface area contributed by atoms with E-state index in [4.69, 9.17) is 5.26 Å². The molecule has 0 aromatic heterocycles. The summed E-state index contributed by atoms with van der Waals surface area (Å²) in [4.78, 5) is 0. The van der Waals surface area contributed by atoms with Gasteiger partial charge in [0.25, 0.3) is 0 Å². The monoisotopic (exact) mass is 282 g/mol. The summed E-state index contributed by atoms with van der Waals surface area (Å²) in [6.07, 6.45) is 0.849. The molecule has 0 heterocycles. The van der Waals surface area contributed by atoms with Gasteiger partial charge in [0.15, 0.2) is 0 Å². The lowest BCUT2D eigenvalue weighted by atomic mass is 9.83. The standard InChI is InChI=1S/C14H18N2O2.ClH/c1-8(2)16-12-5-3-9-10(14(12)18)4-6-13(17)11(9)7-15;/h4,6,8,12,14,16-18H,3,5H2,1-2H3;1H. The van der Waals surface area contributed by atoms with Gasteiger partial charge in [-0.05, 0) is 30.0 Å². The van der Waals surface area contributed by atoms with Gasteiger partial charge in [-0.25, -0.2) is 0 Å². The third-order valence-electron chi connectivity index (χ3n) is 3.39. The first-order valence-electron chi connectivity index (χ1n) is 6.23. The minimum atomic E-state index is -0.621. The molecule has 5 heteroatoms. The molecule has 3 N–H and O–H groups in total. The highest BCUT2D eigenvalue weighted by Crippen LogP contribution is 2.35. The smallest absolute Gasteiger partial charge is 0.133 e. The van der Waals surface area contributed by atoms with Crippen LogP contribution >= 0.6 is 12.4 Å². The van der Waals surface area contributed by atoms with Crippen LogP contribution < -0.4 is 5.32 Å². The van der Waals surface area contributed by atoms with Gasteiger partial charge in [-0.15, -0.1) is 12.4 Å². The van der Waals surface area contributed by atoms with Gasteiger partial charge >= 0.3 is 0 Å². The Morgan fingerprint density at radius 2 is 2.11 bits per heavy atom. The van der Waals surface area contributed by atoms with Gasteiger partial charge in [0.2, 0.25) is 0 Å². The Bertz CT molecular complexity index is 497. The maximum Gasteiger partial charge on any atom is 0.133 e. The van der Waals surface area contributed by atoms with E-state index in [1.807, 2.05) is 19.9 Å². The normalized spacial score (nSPS) is 21.4. The van der Waals surface area contributed by atoms with Crippen LogP contribution in [-0.4, -0.2) is 22.3 Å². The summed E-state index contributed by atoms with van der Waals surface area (Å²) < 4.78 is 0. The average molecular weight is 283 g/mol. The summed E-state index contributed by atoms with van der Waals surface area (Å²) in [5.74, 6) is -0.00119. The van der Waals surface area contributed by atoms with Crippen LogP contribution in [-0.2, 0) is 6.42 Å². The molecule has 104 valence electrons. The lowest BCUT2D eigenvalue weighted by Crippen LogP contribution is -2.42. The van der Waals surface area contributed by atoms with E-state index in [2.05, 4.69) is 5.32 Å². The number of aromatic hydroxyl groups is 1. The van der Waals surface area contributed by atoms with Gasteiger partial charge in [-0.1, -0.05) is 19.9 Å². The van der Waals surface area contributed by atoms with Crippen molar-refractivity contribution in [3.63, 3.8) is 0 Å². The number of benzene rings is 1. The molecule has 0 spiro atoms. The van der Waals surface area contributed by atoms with Gasteiger partial charge in [-0.2, -0.15) is 5.26 Å². The Morgan fingerprint density at radius 1 is 1.42 bits per heavy atom. The van der Waals surface area contributed by atoms with Crippen LogP contribution in [0.15, 0.2) is 12.1 Å². The molecular weight excluding hydrogens is 264 g/mol. The minimum absolute atomic E-state index is 0. The van der Waals surface area contributed by atoms with E-state index < -0.39 is 6.10 Å². The van der Waals surface area contributed by atoms with E-state index in [0.29, 0.717) is 18.0 Å². The van der Waals surface area contributed by atoms with Crippen molar-refractivity contribution < 1.29 is 10.2 Å². The molecule has 2 atom stereocenters. The van der Waals surface area contributed by atoms with Crippen LogP contribution in [0.4, 0.5) is 0 Å². The number of nitriles is 1. The number of phenols is 1. The number of aliphatic hydroxyl groups is 1. The molecule has 0 radical (unpaired) electrons. The maximum atomic E-state index is 10.3. The Morgan fingerprint density at radius 3 is 2.68 bits per heavy atom. The SMILES string of the molecule is CC(C)NC1CCc2c(ccc(O)c2C#N)C1O.Cl. The number of halogens is 1. The molecule has 0 amide bonds. The number of phenolic OH excluding ortho intramolecular Hbond substituents is 1. The Labute approximate surface area is 119 Å². The van der Waals surface area contributed by atoms with E-state index in [0.717, 1.165) is 17.5 Å². The zero-order chi connectivity index (χ0) is 13.3. The summed E-state index contributed by atoms with van der Waals surface area (Å²) in [5, 5.41) is 32.4. The van der Waals surface area contributed by atoms with Crippen LogP contribution in [0, 0.1) is 11.3 Å². The molecule has 0 fully saturated rings. The topological polar surface area (TPSA) is 76.3 Å². The number of hydrogen-bond acceptors (Lipinski definition) is 4. The number of rotatable bonds is 2. The van der Waals surface area contributed by atoms with Crippen molar-refractivity contribution in [2.45, 2.75) is 44.9 Å². The molecular formula is C14H19ClN2O2. The van der Waals surface area contributed by atoms with Crippen LogP contribution in [0.3, 0.4) is 0 Å². The zero-order valence-corrected chi connectivity index (χ0v) is 11.9. The highest BCUT2D eigenvalue weighted by Gasteiger charge is 2.30. The first-order chi connectivity index (χ1) is 8.54. The van der Waals surface area contributed by atoms with Crippen molar-refractivity contribution >= 4 is 12.4 Å². The third-order valence-corrected chi connectivity index (χ3v) is 3.39. The number of nitrogens with one attached hydrogen (secondary N) is 1. The van der Waals surface area contributed by atoms with Gasteiger partial charge in [0.1, 0.15) is 11.8 Å². The Balaban J connectivity index is 0.00000180. The van der Waals surface area contributed by atoms with Crippen LogP contribution in [0.25, 0.3) is 0 Å². The fraction of sp³-hybridized carbons (Fsp3) is 0.500. The van der Waals surface area contributed by atoms with E-state index in [-0.39, 0.29) is 24.2 Å². The second-order valence-electron chi connectivity index (χ2n) is 5.05. The van der Waals surface area contributed by atoms with Crippen LogP contribution in [0.2, 0.25) is 0 Å². The second kappa shape index (κ2) is 6.25. The zero-order valence-electron chi connectivity index (χ0n) is 11.1. The molecule has 2 unspecified atom stereocenters. The minimum Gasteiger partial charge on any atom is -0.507 e. The quantitative estimate of drug-likeness (QED) is 0.776. The van der Waals surface area contributed by atoms with E-state index >= 15 is 0 Å². The molecule has 1 aromatic rings. The van der Waals surface area contributed by atoms with Gasteiger partial charge < -0.3 is 15.5 Å². The van der Waals surface area contributed by atoms with Gasteiger partial charge in [0, 0.05) is 12.1 Å². The van der Waals surface area contributed by atoms with Crippen LogP contribution in [0.1, 0.15) is 43.1 Å². The van der Waals surface area contributed by atoms with Gasteiger partial charge in [0.05, 0.1) is 11.7 Å². The highest BCUT2D eigenvalue weighted by atomic mass is 35.5. The molecule has 0 saturated carbocycles. The first kappa shape index (κ1) is 15.8. The lowest BCUT2D eigenvalue weighted by Gasteiger charge is -2.32. The lowest BCUT2D eigenvalue weighted by molar-refractivity contribution is 0.110. The van der Waals surface area contributed by atoms with Crippen molar-refractivity contribution in [1.29, 1.82) is 5.26 Å². The maximum absolute atomic E-state index is 10.3. The molecule has 19 heavy (non-hydrogen) atoms. The predicted octanol–water partition coefficient (Wildman–Crippen LogP) is 2.03. The number of nitrogens with zero attached hydrogens (tertiary/aromatic N) is 1. The summed E-state index contributed by atoms with van der Waals surface area (Å²) in [6, 6.07) is 5.53. The second-order valence-corrected chi connectivity index (χ2v) is 5.05. The van der Waals surface area contributed by atoms with Crippen molar-refractivity contribution in [2.75, 3.05) is 0 Å². The summed E-state index contributed by atoms with van der Waals surface area (Å²) in [6.45, 7) is 4.08. The Kier molecular flexibility index (Phi) is 5.19. The molecule has 0 bridgehead atoms. The van der Waals surface area contributed by atoms with E-state index in [1.165, 1.54) is 6.07 Å². The van der Waals surface area contributed by atoms with E-state index in [1.54, 1.807) is 6.07 Å².